The molecule has 0 aliphatic heterocycles. The van der Waals surface area contributed by atoms with Gasteiger partial charge in [-0.3, -0.25) is 4.79 Å². The van der Waals surface area contributed by atoms with E-state index in [1.165, 1.54) is 6.21 Å². The molecule has 0 radical (unpaired) electrons. The van der Waals surface area contributed by atoms with E-state index in [0.29, 0.717) is 24.0 Å². The SMILES string of the molecule is CCOc1ccc(/C=N\OCC(=O)Nc2ccccc2C(C)C)cc1OC. The highest BCUT2D eigenvalue weighted by Gasteiger charge is 2.09. The number of carbonyl (C=O) groups is 1. The van der Waals surface area contributed by atoms with Crippen molar-refractivity contribution in [3.05, 3.63) is 53.6 Å². The molecule has 6 nitrogen and oxygen atoms in total. The largest absolute Gasteiger partial charge is 0.493 e. The molecule has 0 spiro atoms. The number of carbonyl (C=O) groups excluding carboxylic acids is 1. The highest BCUT2D eigenvalue weighted by atomic mass is 16.6. The smallest absolute Gasteiger partial charge is 0.265 e. The van der Waals surface area contributed by atoms with Crippen LogP contribution in [0.15, 0.2) is 47.6 Å². The molecule has 2 rings (SSSR count). The number of para-hydroxylation sites is 1. The second-order valence-corrected chi connectivity index (χ2v) is 6.14. The van der Waals surface area contributed by atoms with Gasteiger partial charge in [0.25, 0.3) is 5.91 Å². The third-order valence-electron chi connectivity index (χ3n) is 3.82. The van der Waals surface area contributed by atoms with Crippen LogP contribution in [0.4, 0.5) is 5.69 Å². The van der Waals surface area contributed by atoms with Crippen LogP contribution in [-0.2, 0) is 9.63 Å². The molecule has 0 atom stereocenters. The lowest BCUT2D eigenvalue weighted by Gasteiger charge is -2.13. The van der Waals surface area contributed by atoms with Gasteiger partial charge in [0.05, 0.1) is 19.9 Å². The Morgan fingerprint density at radius 2 is 1.96 bits per heavy atom. The first kappa shape index (κ1) is 20.3. The number of nitrogens with one attached hydrogen (secondary N) is 1. The van der Waals surface area contributed by atoms with Crippen molar-refractivity contribution < 1.29 is 19.1 Å². The molecule has 6 heteroatoms. The lowest BCUT2D eigenvalue weighted by atomic mass is 10.0. The van der Waals surface area contributed by atoms with Crippen molar-refractivity contribution >= 4 is 17.8 Å². The second kappa shape index (κ2) is 10.2. The predicted octanol–water partition coefficient (Wildman–Crippen LogP) is 4.21. The third-order valence-corrected chi connectivity index (χ3v) is 3.82. The van der Waals surface area contributed by atoms with Crippen LogP contribution < -0.4 is 14.8 Å². The van der Waals surface area contributed by atoms with Crippen molar-refractivity contribution in [1.82, 2.24) is 0 Å². The Hall–Kier alpha value is -3.02. The van der Waals surface area contributed by atoms with Gasteiger partial charge in [-0.25, -0.2) is 0 Å². The Labute approximate surface area is 160 Å². The molecular formula is C21H26N2O4. The van der Waals surface area contributed by atoms with Crippen molar-refractivity contribution in [3.63, 3.8) is 0 Å². The van der Waals surface area contributed by atoms with Crippen LogP contribution in [0.2, 0.25) is 0 Å². The highest BCUT2D eigenvalue weighted by Crippen LogP contribution is 2.27. The summed E-state index contributed by atoms with van der Waals surface area (Å²) < 4.78 is 10.8. The van der Waals surface area contributed by atoms with Crippen LogP contribution in [0, 0.1) is 0 Å². The van der Waals surface area contributed by atoms with Crippen molar-refractivity contribution in [1.29, 1.82) is 0 Å². The summed E-state index contributed by atoms with van der Waals surface area (Å²) in [5.41, 5.74) is 2.65. The average Bonchev–Trinajstić information content (AvgIpc) is 2.66. The first-order chi connectivity index (χ1) is 13.0. The quantitative estimate of drug-likeness (QED) is 0.530. The fourth-order valence-corrected chi connectivity index (χ4v) is 2.53. The van der Waals surface area contributed by atoms with Gasteiger partial charge in [0.15, 0.2) is 18.1 Å². The number of oxime groups is 1. The van der Waals surface area contributed by atoms with Gasteiger partial charge < -0.3 is 19.6 Å². The molecular weight excluding hydrogens is 344 g/mol. The van der Waals surface area contributed by atoms with E-state index < -0.39 is 0 Å². The molecule has 0 aliphatic carbocycles. The summed E-state index contributed by atoms with van der Waals surface area (Å²) in [5.74, 6) is 1.34. The van der Waals surface area contributed by atoms with Gasteiger partial charge >= 0.3 is 0 Å². The van der Waals surface area contributed by atoms with Crippen LogP contribution in [0.1, 0.15) is 37.8 Å². The monoisotopic (exact) mass is 370 g/mol. The van der Waals surface area contributed by atoms with Gasteiger partial charge in [0, 0.05) is 11.3 Å². The fraction of sp³-hybridized carbons (Fsp3) is 0.333. The number of rotatable bonds is 9. The summed E-state index contributed by atoms with van der Waals surface area (Å²) in [5, 5.41) is 6.71. The summed E-state index contributed by atoms with van der Waals surface area (Å²) >= 11 is 0. The van der Waals surface area contributed by atoms with E-state index in [9.17, 15) is 4.79 Å². The van der Waals surface area contributed by atoms with Crippen molar-refractivity contribution in [2.75, 3.05) is 25.6 Å². The lowest BCUT2D eigenvalue weighted by molar-refractivity contribution is -0.120. The minimum atomic E-state index is -0.260. The van der Waals surface area contributed by atoms with E-state index in [-0.39, 0.29) is 12.5 Å². The number of hydrogen-bond acceptors (Lipinski definition) is 5. The van der Waals surface area contributed by atoms with Crippen LogP contribution in [-0.4, -0.2) is 32.4 Å². The zero-order valence-corrected chi connectivity index (χ0v) is 16.2. The summed E-state index contributed by atoms with van der Waals surface area (Å²) in [4.78, 5) is 17.2. The summed E-state index contributed by atoms with van der Waals surface area (Å²) in [7, 11) is 1.58. The molecule has 0 heterocycles. The number of methoxy groups -OCH3 is 1. The molecule has 0 fully saturated rings. The van der Waals surface area contributed by atoms with E-state index in [2.05, 4.69) is 24.3 Å². The first-order valence-corrected chi connectivity index (χ1v) is 8.90. The number of anilines is 1. The molecule has 27 heavy (non-hydrogen) atoms. The maximum Gasteiger partial charge on any atom is 0.265 e. The Balaban J connectivity index is 1.90. The van der Waals surface area contributed by atoms with Gasteiger partial charge in [0.1, 0.15) is 0 Å². The topological polar surface area (TPSA) is 69.2 Å². The Morgan fingerprint density at radius 1 is 1.19 bits per heavy atom. The van der Waals surface area contributed by atoms with Gasteiger partial charge in [0.2, 0.25) is 0 Å². The van der Waals surface area contributed by atoms with Crippen LogP contribution in [0.3, 0.4) is 0 Å². The maximum absolute atomic E-state index is 12.1. The van der Waals surface area contributed by atoms with Crippen LogP contribution >= 0.6 is 0 Å². The molecule has 0 saturated carbocycles. The molecule has 0 aliphatic rings. The van der Waals surface area contributed by atoms with Gasteiger partial charge in [-0.2, -0.15) is 0 Å². The van der Waals surface area contributed by atoms with Crippen molar-refractivity contribution in [2.24, 2.45) is 5.16 Å². The first-order valence-electron chi connectivity index (χ1n) is 8.90. The zero-order valence-electron chi connectivity index (χ0n) is 16.2. The molecule has 0 unspecified atom stereocenters. The zero-order chi connectivity index (χ0) is 19.6. The van der Waals surface area contributed by atoms with E-state index in [0.717, 1.165) is 16.8 Å². The summed E-state index contributed by atoms with van der Waals surface area (Å²) in [6.45, 7) is 6.46. The predicted molar refractivity (Wildman–Crippen MR) is 107 cm³/mol. The molecule has 144 valence electrons. The average molecular weight is 370 g/mol. The standard InChI is InChI=1S/C21H26N2O4/c1-5-26-19-11-10-16(12-20(19)25-4)13-22-27-14-21(24)23-18-9-7-6-8-17(18)15(2)3/h6-13,15H,5,14H2,1-4H3,(H,23,24)/b22-13-. The van der Waals surface area contributed by atoms with Crippen molar-refractivity contribution in [3.8, 4) is 11.5 Å². The second-order valence-electron chi connectivity index (χ2n) is 6.14. The molecule has 2 aromatic carbocycles. The molecule has 1 amide bonds. The Morgan fingerprint density at radius 3 is 2.67 bits per heavy atom. The number of ether oxygens (including phenoxy) is 2. The fourth-order valence-electron chi connectivity index (χ4n) is 2.53. The number of benzene rings is 2. The molecule has 0 aromatic heterocycles. The summed E-state index contributed by atoms with van der Waals surface area (Å²) in [6, 6.07) is 13.1. The number of amides is 1. The van der Waals surface area contributed by atoms with E-state index >= 15 is 0 Å². The van der Waals surface area contributed by atoms with Crippen LogP contribution in [0.5, 0.6) is 11.5 Å². The van der Waals surface area contributed by atoms with Gasteiger partial charge in [-0.15, -0.1) is 0 Å². The van der Waals surface area contributed by atoms with E-state index in [4.69, 9.17) is 14.3 Å². The maximum atomic E-state index is 12.1. The van der Waals surface area contributed by atoms with E-state index in [1.807, 2.05) is 37.3 Å². The molecule has 0 bridgehead atoms. The van der Waals surface area contributed by atoms with E-state index in [1.54, 1.807) is 19.2 Å². The molecule has 2 aromatic rings. The van der Waals surface area contributed by atoms with Gasteiger partial charge in [-0.1, -0.05) is 37.2 Å². The third kappa shape index (κ3) is 6.02. The number of hydrogen-bond donors (Lipinski definition) is 1. The highest BCUT2D eigenvalue weighted by molar-refractivity contribution is 5.92. The minimum absolute atomic E-state index is 0.170. The van der Waals surface area contributed by atoms with Gasteiger partial charge in [-0.05, 0) is 42.7 Å². The Kier molecular flexibility index (Phi) is 7.67. The van der Waals surface area contributed by atoms with Crippen LogP contribution in [0.25, 0.3) is 0 Å². The number of nitrogens with zero attached hydrogens (tertiary/aromatic N) is 1. The molecule has 0 saturated heterocycles. The normalized spacial score (nSPS) is 10.9. The van der Waals surface area contributed by atoms with Crippen molar-refractivity contribution in [2.45, 2.75) is 26.7 Å². The molecule has 1 N–H and O–H groups in total. The Bertz CT molecular complexity index is 788. The summed E-state index contributed by atoms with van der Waals surface area (Å²) in [6.07, 6.45) is 1.52. The lowest BCUT2D eigenvalue weighted by Crippen LogP contribution is -2.18. The minimum Gasteiger partial charge on any atom is -0.493 e.